The lowest BCUT2D eigenvalue weighted by Gasteiger charge is -2.27. The smallest absolute Gasteiger partial charge is 0.191 e. The van der Waals surface area contributed by atoms with Crippen LogP contribution < -0.4 is 5.73 Å². The third-order valence-electron chi connectivity index (χ3n) is 3.24. The van der Waals surface area contributed by atoms with E-state index < -0.39 is 0 Å². The number of nitrogens with two attached hydrogens (primary N) is 1. The Kier molecular flexibility index (Phi) is 4.88. The van der Waals surface area contributed by atoms with Gasteiger partial charge in [0.25, 0.3) is 0 Å². The van der Waals surface area contributed by atoms with Gasteiger partial charge in [0.2, 0.25) is 0 Å². The van der Waals surface area contributed by atoms with E-state index in [1.54, 1.807) is 0 Å². The summed E-state index contributed by atoms with van der Waals surface area (Å²) in [6.45, 7) is 2.82. The molecule has 18 heavy (non-hydrogen) atoms. The average molecular weight is 266 g/mol. The van der Waals surface area contributed by atoms with E-state index in [2.05, 4.69) is 16.0 Å². The second-order valence-electron chi connectivity index (χ2n) is 4.67. The first-order chi connectivity index (χ1) is 8.75. The molecular formula is C14H20ClN3. The fourth-order valence-corrected chi connectivity index (χ4v) is 2.43. The van der Waals surface area contributed by atoms with Gasteiger partial charge < -0.3 is 10.6 Å². The zero-order chi connectivity index (χ0) is 12.8. The Morgan fingerprint density at radius 2 is 2.06 bits per heavy atom. The van der Waals surface area contributed by atoms with Crippen molar-refractivity contribution in [2.24, 2.45) is 10.7 Å². The van der Waals surface area contributed by atoms with Crippen LogP contribution in [0.1, 0.15) is 24.8 Å². The van der Waals surface area contributed by atoms with E-state index in [0.717, 1.165) is 31.1 Å². The minimum absolute atomic E-state index is 0.691. The van der Waals surface area contributed by atoms with Crippen molar-refractivity contribution in [1.29, 1.82) is 0 Å². The summed E-state index contributed by atoms with van der Waals surface area (Å²) in [7, 11) is 0. The van der Waals surface area contributed by atoms with Crippen molar-refractivity contribution < 1.29 is 0 Å². The lowest BCUT2D eigenvalue weighted by atomic mass is 10.1. The molecule has 0 amide bonds. The lowest BCUT2D eigenvalue weighted by molar-refractivity contribution is 0.338. The van der Waals surface area contributed by atoms with E-state index in [9.17, 15) is 0 Å². The molecule has 1 saturated heterocycles. The SMILES string of the molecule is NC(=NCCc1cccc(Cl)c1)N1CCCCC1. The first-order valence-electron chi connectivity index (χ1n) is 6.55. The van der Waals surface area contributed by atoms with Crippen molar-refractivity contribution in [3.05, 3.63) is 34.9 Å². The normalized spacial score (nSPS) is 16.9. The van der Waals surface area contributed by atoms with Crippen LogP contribution in [-0.2, 0) is 6.42 Å². The second kappa shape index (κ2) is 6.64. The summed E-state index contributed by atoms with van der Waals surface area (Å²) < 4.78 is 0. The highest BCUT2D eigenvalue weighted by molar-refractivity contribution is 6.30. The minimum Gasteiger partial charge on any atom is -0.370 e. The number of guanidine groups is 1. The Hall–Kier alpha value is -1.22. The van der Waals surface area contributed by atoms with Gasteiger partial charge in [-0.3, -0.25) is 4.99 Å². The molecule has 1 aromatic rings. The number of aliphatic imine (C=N–C) groups is 1. The molecule has 0 radical (unpaired) electrons. The number of nitrogens with zero attached hydrogens (tertiary/aromatic N) is 2. The Morgan fingerprint density at radius 3 is 2.78 bits per heavy atom. The molecule has 0 aromatic heterocycles. The van der Waals surface area contributed by atoms with Gasteiger partial charge in [-0.05, 0) is 43.4 Å². The number of halogens is 1. The molecule has 1 aliphatic rings. The van der Waals surface area contributed by atoms with Crippen molar-refractivity contribution in [1.82, 2.24) is 4.90 Å². The van der Waals surface area contributed by atoms with Gasteiger partial charge >= 0.3 is 0 Å². The van der Waals surface area contributed by atoms with Gasteiger partial charge in [-0.25, -0.2) is 0 Å². The second-order valence-corrected chi connectivity index (χ2v) is 5.10. The zero-order valence-corrected chi connectivity index (χ0v) is 11.4. The number of benzene rings is 1. The lowest BCUT2D eigenvalue weighted by Crippen LogP contribution is -2.41. The van der Waals surface area contributed by atoms with E-state index >= 15 is 0 Å². The summed E-state index contributed by atoms with van der Waals surface area (Å²) in [6, 6.07) is 7.90. The van der Waals surface area contributed by atoms with Gasteiger partial charge in [0.1, 0.15) is 0 Å². The monoisotopic (exact) mass is 265 g/mol. The number of hydrogen-bond donors (Lipinski definition) is 1. The van der Waals surface area contributed by atoms with E-state index in [-0.39, 0.29) is 0 Å². The summed E-state index contributed by atoms with van der Waals surface area (Å²) in [6.07, 6.45) is 4.65. The van der Waals surface area contributed by atoms with E-state index in [1.165, 1.54) is 24.8 Å². The number of piperidine rings is 1. The molecule has 1 fully saturated rings. The minimum atomic E-state index is 0.691. The summed E-state index contributed by atoms with van der Waals surface area (Å²) in [5.74, 6) is 0.691. The summed E-state index contributed by atoms with van der Waals surface area (Å²) >= 11 is 5.94. The van der Waals surface area contributed by atoms with Crippen molar-refractivity contribution in [2.75, 3.05) is 19.6 Å². The molecule has 2 rings (SSSR count). The molecule has 0 atom stereocenters. The summed E-state index contributed by atoms with van der Waals surface area (Å²) in [5.41, 5.74) is 7.20. The van der Waals surface area contributed by atoms with Crippen molar-refractivity contribution >= 4 is 17.6 Å². The van der Waals surface area contributed by atoms with Crippen molar-refractivity contribution in [2.45, 2.75) is 25.7 Å². The van der Waals surface area contributed by atoms with Crippen molar-refractivity contribution in [3.8, 4) is 0 Å². The third-order valence-corrected chi connectivity index (χ3v) is 3.48. The molecule has 2 N–H and O–H groups in total. The van der Waals surface area contributed by atoms with Gasteiger partial charge in [-0.15, -0.1) is 0 Å². The predicted molar refractivity (Wildman–Crippen MR) is 77.1 cm³/mol. The van der Waals surface area contributed by atoms with Crippen LogP contribution in [0, 0.1) is 0 Å². The maximum absolute atomic E-state index is 5.99. The molecule has 0 bridgehead atoms. The molecule has 98 valence electrons. The Bertz CT molecular complexity index is 411. The molecule has 3 nitrogen and oxygen atoms in total. The standard InChI is InChI=1S/C14H20ClN3/c15-13-6-4-5-12(11-13)7-8-17-14(16)18-9-2-1-3-10-18/h4-6,11H,1-3,7-10H2,(H2,16,17). The van der Waals surface area contributed by atoms with E-state index in [1.807, 2.05) is 18.2 Å². The first-order valence-corrected chi connectivity index (χ1v) is 6.93. The number of hydrogen-bond acceptors (Lipinski definition) is 1. The Morgan fingerprint density at radius 1 is 1.28 bits per heavy atom. The van der Waals surface area contributed by atoms with Gasteiger partial charge in [0.15, 0.2) is 5.96 Å². The molecule has 4 heteroatoms. The highest BCUT2D eigenvalue weighted by Gasteiger charge is 2.11. The molecule has 0 aliphatic carbocycles. The fourth-order valence-electron chi connectivity index (χ4n) is 2.22. The molecule has 0 saturated carbocycles. The molecule has 1 heterocycles. The fraction of sp³-hybridized carbons (Fsp3) is 0.500. The Labute approximate surface area is 114 Å². The highest BCUT2D eigenvalue weighted by Crippen LogP contribution is 2.11. The number of rotatable bonds is 3. The van der Waals surface area contributed by atoms with Gasteiger partial charge in [0.05, 0.1) is 0 Å². The molecular weight excluding hydrogens is 246 g/mol. The maximum atomic E-state index is 5.99. The molecule has 0 spiro atoms. The number of likely N-dealkylation sites (tertiary alicyclic amines) is 1. The van der Waals surface area contributed by atoms with Crippen LogP contribution in [0.5, 0.6) is 0 Å². The molecule has 1 aromatic carbocycles. The van der Waals surface area contributed by atoms with Gasteiger partial charge in [0, 0.05) is 24.7 Å². The summed E-state index contributed by atoms with van der Waals surface area (Å²) in [5, 5.41) is 0.778. The van der Waals surface area contributed by atoms with Gasteiger partial charge in [-0.2, -0.15) is 0 Å². The quantitative estimate of drug-likeness (QED) is 0.674. The van der Waals surface area contributed by atoms with Gasteiger partial charge in [-0.1, -0.05) is 23.7 Å². The third kappa shape index (κ3) is 3.91. The van der Waals surface area contributed by atoms with Crippen LogP contribution in [-0.4, -0.2) is 30.5 Å². The topological polar surface area (TPSA) is 41.6 Å². The summed E-state index contributed by atoms with van der Waals surface area (Å²) in [4.78, 5) is 6.63. The first kappa shape index (κ1) is 13.2. The maximum Gasteiger partial charge on any atom is 0.191 e. The predicted octanol–water partition coefficient (Wildman–Crippen LogP) is 2.68. The van der Waals surface area contributed by atoms with E-state index in [4.69, 9.17) is 17.3 Å². The van der Waals surface area contributed by atoms with Crippen LogP contribution in [0.15, 0.2) is 29.3 Å². The van der Waals surface area contributed by atoms with Crippen LogP contribution in [0.3, 0.4) is 0 Å². The van der Waals surface area contributed by atoms with Crippen LogP contribution in [0.4, 0.5) is 0 Å². The molecule has 1 aliphatic heterocycles. The Balaban J connectivity index is 1.83. The largest absolute Gasteiger partial charge is 0.370 e. The van der Waals surface area contributed by atoms with Crippen LogP contribution in [0.2, 0.25) is 5.02 Å². The highest BCUT2D eigenvalue weighted by atomic mass is 35.5. The van der Waals surface area contributed by atoms with E-state index in [0.29, 0.717) is 5.96 Å². The zero-order valence-electron chi connectivity index (χ0n) is 10.6. The average Bonchev–Trinajstić information content (AvgIpc) is 2.40. The van der Waals surface area contributed by atoms with Crippen molar-refractivity contribution in [3.63, 3.8) is 0 Å². The molecule has 0 unspecified atom stereocenters. The van der Waals surface area contributed by atoms with Crippen LogP contribution in [0.25, 0.3) is 0 Å². The van der Waals surface area contributed by atoms with Crippen LogP contribution >= 0.6 is 11.6 Å².